The van der Waals surface area contributed by atoms with Crippen LogP contribution in [-0.2, 0) is 4.79 Å². The summed E-state index contributed by atoms with van der Waals surface area (Å²) in [6.45, 7) is 4.67. The molecule has 2 N–H and O–H groups in total. The number of nitrogens with one attached hydrogen (secondary N) is 2. The number of furan rings is 1. The maximum atomic E-state index is 12.8. The summed E-state index contributed by atoms with van der Waals surface area (Å²) in [4.78, 5) is 25.1. The van der Waals surface area contributed by atoms with Gasteiger partial charge in [-0.15, -0.1) is 0 Å². The molecule has 1 heterocycles. The minimum atomic E-state index is -0.540. The predicted molar refractivity (Wildman–Crippen MR) is 98.4 cm³/mol. The fourth-order valence-corrected chi connectivity index (χ4v) is 6.05. The zero-order chi connectivity index (χ0) is 18.3. The van der Waals surface area contributed by atoms with Crippen molar-refractivity contribution in [2.24, 2.45) is 29.1 Å². The molecule has 5 rings (SSSR count). The van der Waals surface area contributed by atoms with Crippen molar-refractivity contribution in [1.82, 2.24) is 10.6 Å². The van der Waals surface area contributed by atoms with E-state index in [1.807, 2.05) is 13.8 Å². The quantitative estimate of drug-likeness (QED) is 0.819. The Morgan fingerprint density at radius 2 is 1.77 bits per heavy atom. The highest BCUT2D eigenvalue weighted by Crippen LogP contribution is 2.59. The first-order chi connectivity index (χ1) is 12.4. The van der Waals surface area contributed by atoms with Crippen molar-refractivity contribution in [3.8, 4) is 0 Å². The molecule has 1 aromatic rings. The van der Waals surface area contributed by atoms with E-state index >= 15 is 0 Å². The van der Waals surface area contributed by atoms with Gasteiger partial charge in [-0.25, -0.2) is 0 Å². The third-order valence-corrected chi connectivity index (χ3v) is 6.78. The Morgan fingerprint density at radius 1 is 1.15 bits per heavy atom. The lowest BCUT2D eigenvalue weighted by molar-refractivity contribution is -0.126. The van der Waals surface area contributed by atoms with Crippen LogP contribution in [0.1, 0.15) is 62.9 Å². The van der Waals surface area contributed by atoms with Crippen LogP contribution in [-0.4, -0.2) is 24.4 Å². The van der Waals surface area contributed by atoms with E-state index in [0.29, 0.717) is 5.41 Å². The van der Waals surface area contributed by atoms with Crippen LogP contribution in [0.3, 0.4) is 0 Å². The van der Waals surface area contributed by atoms with Crippen molar-refractivity contribution in [1.29, 1.82) is 0 Å². The van der Waals surface area contributed by atoms with Gasteiger partial charge in [0.1, 0.15) is 6.04 Å². The smallest absolute Gasteiger partial charge is 0.287 e. The van der Waals surface area contributed by atoms with Crippen molar-refractivity contribution in [3.63, 3.8) is 0 Å². The van der Waals surface area contributed by atoms with Crippen LogP contribution in [0.15, 0.2) is 22.8 Å². The molecule has 4 saturated carbocycles. The van der Waals surface area contributed by atoms with Crippen LogP contribution in [0.2, 0.25) is 0 Å². The Balaban J connectivity index is 1.37. The zero-order valence-corrected chi connectivity index (χ0v) is 15.8. The summed E-state index contributed by atoms with van der Waals surface area (Å²) >= 11 is 0. The number of hydrogen-bond acceptors (Lipinski definition) is 3. The number of amides is 2. The number of carbonyl (C=O) groups excluding carboxylic acids is 2. The Labute approximate surface area is 155 Å². The van der Waals surface area contributed by atoms with E-state index in [0.717, 1.165) is 24.3 Å². The Morgan fingerprint density at radius 3 is 2.27 bits per heavy atom. The third kappa shape index (κ3) is 3.40. The molecule has 1 atom stereocenters. The van der Waals surface area contributed by atoms with Crippen LogP contribution in [0, 0.1) is 29.1 Å². The average molecular weight is 358 g/mol. The van der Waals surface area contributed by atoms with Gasteiger partial charge in [0, 0.05) is 6.54 Å². The monoisotopic (exact) mass is 358 g/mol. The normalized spacial score (nSPS) is 33.3. The predicted octanol–water partition coefficient (Wildman–Crippen LogP) is 3.37. The molecule has 5 nitrogen and oxygen atoms in total. The van der Waals surface area contributed by atoms with Gasteiger partial charge in [0.25, 0.3) is 5.91 Å². The molecule has 0 aromatic carbocycles. The van der Waals surface area contributed by atoms with Crippen LogP contribution in [0.25, 0.3) is 0 Å². The molecule has 0 unspecified atom stereocenters. The van der Waals surface area contributed by atoms with Gasteiger partial charge in [-0.2, -0.15) is 0 Å². The lowest BCUT2D eigenvalue weighted by Crippen LogP contribution is -2.55. The molecule has 4 fully saturated rings. The largest absolute Gasteiger partial charge is 0.459 e. The van der Waals surface area contributed by atoms with Crippen molar-refractivity contribution >= 4 is 11.8 Å². The first kappa shape index (κ1) is 17.6. The van der Waals surface area contributed by atoms with Crippen molar-refractivity contribution in [3.05, 3.63) is 24.2 Å². The second-order valence-corrected chi connectivity index (χ2v) is 9.31. The highest BCUT2D eigenvalue weighted by atomic mass is 16.3. The summed E-state index contributed by atoms with van der Waals surface area (Å²) in [7, 11) is 0. The lowest BCUT2D eigenvalue weighted by Gasteiger charge is -2.57. The summed E-state index contributed by atoms with van der Waals surface area (Å²) in [5.41, 5.74) is 0.303. The van der Waals surface area contributed by atoms with Crippen LogP contribution in [0.4, 0.5) is 0 Å². The van der Waals surface area contributed by atoms with Gasteiger partial charge in [-0.3, -0.25) is 9.59 Å². The van der Waals surface area contributed by atoms with E-state index in [1.165, 1.54) is 44.8 Å². The topological polar surface area (TPSA) is 71.3 Å². The van der Waals surface area contributed by atoms with Crippen molar-refractivity contribution in [2.75, 3.05) is 6.54 Å². The first-order valence-electron chi connectivity index (χ1n) is 10.1. The summed E-state index contributed by atoms with van der Waals surface area (Å²) in [5, 5.41) is 6.02. The molecule has 0 saturated heterocycles. The van der Waals surface area contributed by atoms with Gasteiger partial charge in [0.05, 0.1) is 6.26 Å². The van der Waals surface area contributed by atoms with E-state index < -0.39 is 6.04 Å². The number of carbonyl (C=O) groups is 2. The van der Waals surface area contributed by atoms with Crippen LogP contribution >= 0.6 is 0 Å². The van der Waals surface area contributed by atoms with Gasteiger partial charge >= 0.3 is 0 Å². The molecule has 2 amide bonds. The Kier molecular flexibility index (Phi) is 4.57. The fourth-order valence-electron chi connectivity index (χ4n) is 6.05. The van der Waals surface area contributed by atoms with E-state index in [-0.39, 0.29) is 23.5 Å². The van der Waals surface area contributed by atoms with Crippen molar-refractivity contribution < 1.29 is 14.0 Å². The molecule has 1 aromatic heterocycles. The van der Waals surface area contributed by atoms with E-state index in [1.54, 1.807) is 12.1 Å². The SMILES string of the molecule is CC(C)[C@H](NC(=O)c1ccco1)C(=O)NCC12CC3CC(CC(C3)C1)C2. The van der Waals surface area contributed by atoms with Gasteiger partial charge in [-0.05, 0) is 79.7 Å². The van der Waals surface area contributed by atoms with E-state index in [2.05, 4.69) is 10.6 Å². The molecular formula is C21H30N2O3. The first-order valence-corrected chi connectivity index (χ1v) is 10.1. The molecule has 5 heteroatoms. The third-order valence-electron chi connectivity index (χ3n) is 6.78. The summed E-state index contributed by atoms with van der Waals surface area (Å²) in [6, 6.07) is 2.74. The number of hydrogen-bond donors (Lipinski definition) is 2. The van der Waals surface area contributed by atoms with Crippen LogP contribution < -0.4 is 10.6 Å². The summed E-state index contributed by atoms with van der Waals surface area (Å²) < 4.78 is 5.14. The van der Waals surface area contributed by atoms with Gasteiger partial charge in [0.15, 0.2) is 5.76 Å². The molecule has 0 radical (unpaired) electrons. The Hall–Kier alpha value is -1.78. The van der Waals surface area contributed by atoms with Crippen LogP contribution in [0.5, 0.6) is 0 Å². The molecule has 4 bridgehead atoms. The van der Waals surface area contributed by atoms with Gasteiger partial charge in [0.2, 0.25) is 5.91 Å². The van der Waals surface area contributed by atoms with Gasteiger partial charge in [-0.1, -0.05) is 13.8 Å². The molecule has 4 aliphatic carbocycles. The highest BCUT2D eigenvalue weighted by molar-refractivity contribution is 5.95. The Bertz CT molecular complexity index is 630. The van der Waals surface area contributed by atoms with Gasteiger partial charge < -0.3 is 15.1 Å². The standard InChI is InChI=1S/C21H30N2O3/c1-13(2)18(23-19(24)17-4-3-5-26-17)20(25)22-12-21-9-14-6-15(10-21)8-16(7-14)11-21/h3-5,13-16,18H,6-12H2,1-2H3,(H,22,25)(H,23,24)/t14?,15?,16?,18-,21?/m0/s1. The highest BCUT2D eigenvalue weighted by Gasteiger charge is 2.50. The van der Waals surface area contributed by atoms with E-state index in [9.17, 15) is 9.59 Å². The number of rotatable bonds is 6. The summed E-state index contributed by atoms with van der Waals surface area (Å²) in [5.74, 6) is 2.47. The molecule has 0 aliphatic heterocycles. The fraction of sp³-hybridized carbons (Fsp3) is 0.714. The molecule has 142 valence electrons. The van der Waals surface area contributed by atoms with E-state index in [4.69, 9.17) is 4.42 Å². The minimum Gasteiger partial charge on any atom is -0.459 e. The second-order valence-electron chi connectivity index (χ2n) is 9.31. The zero-order valence-electron chi connectivity index (χ0n) is 15.8. The molecule has 26 heavy (non-hydrogen) atoms. The maximum Gasteiger partial charge on any atom is 0.287 e. The molecule has 0 spiro atoms. The minimum absolute atomic E-state index is 0.0188. The molecule has 4 aliphatic rings. The van der Waals surface area contributed by atoms with Crippen molar-refractivity contribution in [2.45, 2.75) is 58.4 Å². The molecular weight excluding hydrogens is 328 g/mol. The second kappa shape index (κ2) is 6.75. The summed E-state index contributed by atoms with van der Waals surface area (Å²) in [6.07, 6.45) is 9.48. The maximum absolute atomic E-state index is 12.8. The lowest BCUT2D eigenvalue weighted by atomic mass is 9.49. The average Bonchev–Trinajstić information content (AvgIpc) is 3.10.